The summed E-state index contributed by atoms with van der Waals surface area (Å²) >= 11 is 0. The van der Waals surface area contributed by atoms with E-state index in [0.29, 0.717) is 26.2 Å². The van der Waals surface area contributed by atoms with E-state index in [1.807, 2.05) is 20.8 Å². The highest BCUT2D eigenvalue weighted by atomic mass is 28.4. The van der Waals surface area contributed by atoms with Crippen LogP contribution in [0.2, 0.25) is 6.04 Å². The van der Waals surface area contributed by atoms with Crippen LogP contribution >= 0.6 is 0 Å². The van der Waals surface area contributed by atoms with Crippen LogP contribution in [0, 0.1) is 0 Å². The molecule has 0 spiro atoms. The van der Waals surface area contributed by atoms with Gasteiger partial charge in [0, 0.05) is 32.5 Å². The Labute approximate surface area is 117 Å². The maximum Gasteiger partial charge on any atom is 0.500 e. The first-order valence-electron chi connectivity index (χ1n) is 7.39. The highest BCUT2D eigenvalue weighted by Crippen LogP contribution is 2.23. The highest BCUT2D eigenvalue weighted by Gasteiger charge is 2.40. The molecule has 0 aromatic rings. The second kappa shape index (κ2) is 9.04. The van der Waals surface area contributed by atoms with Crippen LogP contribution in [0.15, 0.2) is 0 Å². The lowest BCUT2D eigenvalue weighted by Crippen LogP contribution is -2.46. The van der Waals surface area contributed by atoms with Crippen molar-refractivity contribution in [2.24, 2.45) is 0 Å². The zero-order valence-corrected chi connectivity index (χ0v) is 13.4. The topological polar surface area (TPSA) is 57.2 Å². The van der Waals surface area contributed by atoms with E-state index in [0.717, 1.165) is 25.5 Å². The van der Waals surface area contributed by atoms with E-state index >= 15 is 0 Å². The molecule has 6 heteroatoms. The number of hydrogen-bond donors (Lipinski definition) is 1. The Balaban J connectivity index is 2.36. The Morgan fingerprint density at radius 2 is 1.68 bits per heavy atom. The molecule has 1 N–H and O–H groups in total. The predicted octanol–water partition coefficient (Wildman–Crippen LogP) is 1.96. The van der Waals surface area contributed by atoms with Gasteiger partial charge in [-0.25, -0.2) is 0 Å². The summed E-state index contributed by atoms with van der Waals surface area (Å²) in [6, 6.07) is 0.756. The third kappa shape index (κ3) is 5.49. The quantitative estimate of drug-likeness (QED) is 0.590. The van der Waals surface area contributed by atoms with Gasteiger partial charge in [-0.05, 0) is 40.0 Å². The van der Waals surface area contributed by atoms with Crippen molar-refractivity contribution >= 4 is 8.80 Å². The Bertz CT molecular complexity index is 218. The number of hydrogen-bond acceptors (Lipinski definition) is 5. The summed E-state index contributed by atoms with van der Waals surface area (Å²) in [5.74, 6) is 0. The summed E-state index contributed by atoms with van der Waals surface area (Å²) in [7, 11) is -2.54. The molecule has 0 radical (unpaired) electrons. The smallest absolute Gasteiger partial charge is 0.390 e. The average molecular weight is 292 g/mol. The molecule has 19 heavy (non-hydrogen) atoms. The molecule has 1 saturated heterocycles. The summed E-state index contributed by atoms with van der Waals surface area (Å²) < 4.78 is 22.6. The average Bonchev–Trinajstić information content (AvgIpc) is 2.27. The van der Waals surface area contributed by atoms with Gasteiger partial charge in [-0.15, -0.1) is 0 Å². The van der Waals surface area contributed by atoms with Crippen molar-refractivity contribution < 1.29 is 23.1 Å². The van der Waals surface area contributed by atoms with E-state index in [1.54, 1.807) is 0 Å². The van der Waals surface area contributed by atoms with E-state index < -0.39 is 8.80 Å². The minimum Gasteiger partial charge on any atom is -0.390 e. The second-order valence-electron chi connectivity index (χ2n) is 4.64. The Kier molecular flexibility index (Phi) is 8.13. The second-order valence-corrected chi connectivity index (χ2v) is 7.37. The molecule has 2 unspecified atom stereocenters. The van der Waals surface area contributed by atoms with Crippen molar-refractivity contribution in [1.82, 2.24) is 0 Å². The number of aliphatic hydroxyl groups is 1. The van der Waals surface area contributed by atoms with Gasteiger partial charge < -0.3 is 23.1 Å². The van der Waals surface area contributed by atoms with Crippen LogP contribution in [0.5, 0.6) is 0 Å². The Morgan fingerprint density at radius 1 is 1.16 bits per heavy atom. The van der Waals surface area contributed by atoms with E-state index in [-0.39, 0.29) is 12.2 Å². The molecular formula is C13H28O5Si. The van der Waals surface area contributed by atoms with Crippen molar-refractivity contribution in [3.05, 3.63) is 0 Å². The van der Waals surface area contributed by atoms with Crippen molar-refractivity contribution in [1.29, 1.82) is 0 Å². The minimum atomic E-state index is -2.54. The zero-order chi connectivity index (χ0) is 14.1. The first-order chi connectivity index (χ1) is 9.17. The van der Waals surface area contributed by atoms with Crippen molar-refractivity contribution in [3.8, 4) is 0 Å². The number of aliphatic hydroxyl groups excluding tert-OH is 1. The van der Waals surface area contributed by atoms with Crippen LogP contribution in [0.3, 0.4) is 0 Å². The molecule has 114 valence electrons. The van der Waals surface area contributed by atoms with Crippen LogP contribution in [-0.2, 0) is 18.0 Å². The van der Waals surface area contributed by atoms with Gasteiger partial charge in [0.15, 0.2) is 0 Å². The molecule has 0 aromatic heterocycles. The normalized spacial score (nSPS) is 21.2. The predicted molar refractivity (Wildman–Crippen MR) is 75.0 cm³/mol. The fourth-order valence-corrected chi connectivity index (χ4v) is 4.91. The van der Waals surface area contributed by atoms with E-state index in [2.05, 4.69) is 0 Å². The lowest BCUT2D eigenvalue weighted by Gasteiger charge is -2.32. The fourth-order valence-electron chi connectivity index (χ4n) is 2.27. The summed E-state index contributed by atoms with van der Waals surface area (Å²) in [5.41, 5.74) is 0. The van der Waals surface area contributed by atoms with Gasteiger partial charge in [-0.3, -0.25) is 0 Å². The van der Waals surface area contributed by atoms with Gasteiger partial charge in [0.2, 0.25) is 0 Å². The monoisotopic (exact) mass is 292 g/mol. The number of ether oxygens (including phenoxy) is 1. The maximum absolute atomic E-state index is 9.92. The zero-order valence-electron chi connectivity index (χ0n) is 12.4. The van der Waals surface area contributed by atoms with E-state index in [1.165, 1.54) is 0 Å². The summed E-state index contributed by atoms with van der Waals surface area (Å²) in [6.07, 6.45) is 2.18. The van der Waals surface area contributed by atoms with Gasteiger partial charge in [0.1, 0.15) is 0 Å². The molecule has 1 rings (SSSR count). The lowest BCUT2D eigenvalue weighted by molar-refractivity contribution is -0.118. The van der Waals surface area contributed by atoms with Crippen LogP contribution in [-0.4, -0.2) is 52.5 Å². The van der Waals surface area contributed by atoms with Gasteiger partial charge in [0.25, 0.3) is 0 Å². The Morgan fingerprint density at radius 3 is 2.05 bits per heavy atom. The van der Waals surface area contributed by atoms with Crippen molar-refractivity contribution in [2.45, 2.75) is 58.3 Å². The van der Waals surface area contributed by atoms with Crippen molar-refractivity contribution in [3.63, 3.8) is 0 Å². The molecule has 0 aromatic carbocycles. The van der Waals surface area contributed by atoms with E-state index in [9.17, 15) is 5.11 Å². The highest BCUT2D eigenvalue weighted by molar-refractivity contribution is 6.60. The van der Waals surface area contributed by atoms with Gasteiger partial charge >= 0.3 is 8.80 Å². The molecule has 0 saturated carbocycles. The largest absolute Gasteiger partial charge is 0.500 e. The summed E-state index contributed by atoms with van der Waals surface area (Å²) in [4.78, 5) is 0. The SMILES string of the molecule is CCO[Si](CCCC(O)C1CCO1)(OCC)OCC. The standard InChI is InChI=1S/C13H28O5Si/c1-4-16-19(17-5-2,18-6-3)11-7-8-12(14)13-9-10-15-13/h12-14H,4-11H2,1-3H3. The first-order valence-corrected chi connectivity index (χ1v) is 9.32. The molecule has 1 aliphatic heterocycles. The lowest BCUT2D eigenvalue weighted by atomic mass is 10.0. The third-order valence-corrected chi connectivity index (χ3v) is 6.39. The van der Waals surface area contributed by atoms with Gasteiger partial charge in [-0.2, -0.15) is 0 Å². The van der Waals surface area contributed by atoms with Crippen LogP contribution in [0.25, 0.3) is 0 Å². The molecule has 0 aliphatic carbocycles. The van der Waals surface area contributed by atoms with Crippen LogP contribution < -0.4 is 0 Å². The molecule has 1 fully saturated rings. The fraction of sp³-hybridized carbons (Fsp3) is 1.00. The van der Waals surface area contributed by atoms with Crippen LogP contribution in [0.4, 0.5) is 0 Å². The Hall–Kier alpha value is 0.0169. The maximum atomic E-state index is 9.92. The van der Waals surface area contributed by atoms with Crippen molar-refractivity contribution in [2.75, 3.05) is 26.4 Å². The molecular weight excluding hydrogens is 264 g/mol. The minimum absolute atomic E-state index is 0.0300. The summed E-state index contributed by atoms with van der Waals surface area (Å²) in [6.45, 7) is 8.43. The van der Waals surface area contributed by atoms with Crippen LogP contribution in [0.1, 0.15) is 40.0 Å². The number of rotatable bonds is 11. The third-order valence-electron chi connectivity index (χ3n) is 3.24. The first kappa shape index (κ1) is 17.1. The van der Waals surface area contributed by atoms with Gasteiger partial charge in [-0.1, -0.05) is 0 Å². The molecule has 1 heterocycles. The molecule has 2 atom stereocenters. The summed E-state index contributed by atoms with van der Waals surface area (Å²) in [5, 5.41) is 9.92. The molecule has 0 bridgehead atoms. The molecule has 0 amide bonds. The van der Waals surface area contributed by atoms with Gasteiger partial charge in [0.05, 0.1) is 12.2 Å². The molecule has 1 aliphatic rings. The molecule has 5 nitrogen and oxygen atoms in total. The van der Waals surface area contributed by atoms with E-state index in [4.69, 9.17) is 18.0 Å².